The second kappa shape index (κ2) is 4.94. The number of carboxylic acid groups (broad SMARTS) is 1. The topological polar surface area (TPSA) is 69.6 Å². The maximum absolute atomic E-state index is 11.9. The predicted octanol–water partition coefficient (Wildman–Crippen LogP) is 1.29. The molecule has 0 aromatic rings. The highest BCUT2D eigenvalue weighted by atomic mass is 16.4. The molecule has 5 nitrogen and oxygen atoms in total. The third-order valence-corrected chi connectivity index (χ3v) is 3.81. The van der Waals surface area contributed by atoms with Gasteiger partial charge < -0.3 is 15.3 Å². The predicted molar refractivity (Wildman–Crippen MR) is 62.7 cm³/mol. The molecule has 17 heavy (non-hydrogen) atoms. The number of likely N-dealkylation sites (tertiary alicyclic amines) is 1. The minimum absolute atomic E-state index is 0.0862. The lowest BCUT2D eigenvalue weighted by Gasteiger charge is -2.30. The fourth-order valence-electron chi connectivity index (χ4n) is 2.49. The van der Waals surface area contributed by atoms with Crippen LogP contribution in [0, 0.1) is 11.8 Å². The van der Waals surface area contributed by atoms with Crippen LogP contribution < -0.4 is 5.32 Å². The van der Waals surface area contributed by atoms with Crippen LogP contribution in [0.5, 0.6) is 0 Å². The number of hydrogen-bond acceptors (Lipinski definition) is 2. The molecule has 1 heterocycles. The lowest BCUT2D eigenvalue weighted by molar-refractivity contribution is -0.143. The van der Waals surface area contributed by atoms with E-state index in [0.29, 0.717) is 31.5 Å². The molecule has 0 spiro atoms. The van der Waals surface area contributed by atoms with Gasteiger partial charge >= 0.3 is 12.0 Å². The van der Waals surface area contributed by atoms with Gasteiger partial charge in [0.2, 0.25) is 0 Å². The van der Waals surface area contributed by atoms with E-state index in [4.69, 9.17) is 5.11 Å². The van der Waals surface area contributed by atoms with Crippen LogP contribution >= 0.6 is 0 Å². The largest absolute Gasteiger partial charge is 0.481 e. The van der Waals surface area contributed by atoms with Gasteiger partial charge in [-0.15, -0.1) is 0 Å². The van der Waals surface area contributed by atoms with Gasteiger partial charge in [-0.25, -0.2) is 4.79 Å². The van der Waals surface area contributed by atoms with Gasteiger partial charge in [0.15, 0.2) is 0 Å². The molecule has 2 rings (SSSR count). The molecule has 2 fully saturated rings. The van der Waals surface area contributed by atoms with Gasteiger partial charge in [-0.3, -0.25) is 4.79 Å². The van der Waals surface area contributed by atoms with Gasteiger partial charge in [0.25, 0.3) is 0 Å². The summed E-state index contributed by atoms with van der Waals surface area (Å²) in [5.74, 6) is -0.560. The minimum atomic E-state index is -0.791. The summed E-state index contributed by atoms with van der Waals surface area (Å²) in [7, 11) is 0. The van der Waals surface area contributed by atoms with Gasteiger partial charge in [0, 0.05) is 19.1 Å². The first-order chi connectivity index (χ1) is 8.11. The summed E-state index contributed by atoms with van der Waals surface area (Å²) >= 11 is 0. The molecule has 3 atom stereocenters. The van der Waals surface area contributed by atoms with E-state index in [1.165, 1.54) is 0 Å². The molecular formula is C12H20N2O3. The van der Waals surface area contributed by atoms with Crippen molar-refractivity contribution in [3.05, 3.63) is 0 Å². The van der Waals surface area contributed by atoms with E-state index in [9.17, 15) is 9.59 Å². The highest BCUT2D eigenvalue weighted by molar-refractivity contribution is 5.77. The summed E-state index contributed by atoms with van der Waals surface area (Å²) < 4.78 is 0. The Morgan fingerprint density at radius 1 is 1.47 bits per heavy atom. The molecule has 0 aromatic carbocycles. The molecule has 1 aliphatic carbocycles. The molecule has 2 amide bonds. The normalized spacial score (nSPS) is 32.1. The molecule has 2 N–H and O–H groups in total. The number of aliphatic carboxylic acids is 1. The zero-order valence-corrected chi connectivity index (χ0v) is 10.2. The Bertz CT molecular complexity index is 319. The first-order valence-corrected chi connectivity index (χ1v) is 6.40. The lowest BCUT2D eigenvalue weighted by Crippen LogP contribution is -2.47. The Labute approximate surface area is 101 Å². The number of hydrogen-bond donors (Lipinski definition) is 2. The molecule has 2 aliphatic rings. The van der Waals surface area contributed by atoms with Crippen LogP contribution in [0.15, 0.2) is 0 Å². The summed E-state index contributed by atoms with van der Waals surface area (Å²) in [4.78, 5) is 24.4. The third-order valence-electron chi connectivity index (χ3n) is 3.81. The summed E-state index contributed by atoms with van der Waals surface area (Å²) in [5, 5.41) is 11.9. The van der Waals surface area contributed by atoms with Gasteiger partial charge in [-0.2, -0.15) is 0 Å². The summed E-state index contributed by atoms with van der Waals surface area (Å²) in [6, 6.07) is 0.231. The fourth-order valence-corrected chi connectivity index (χ4v) is 2.49. The van der Waals surface area contributed by atoms with E-state index >= 15 is 0 Å². The number of nitrogens with one attached hydrogen (secondary N) is 1. The number of carboxylic acids is 1. The molecule has 5 heteroatoms. The average molecular weight is 240 g/mol. The molecule has 1 saturated heterocycles. The number of carbonyl (C=O) groups is 2. The molecule has 0 bridgehead atoms. The van der Waals surface area contributed by atoms with Crippen molar-refractivity contribution in [2.75, 3.05) is 13.1 Å². The smallest absolute Gasteiger partial charge is 0.317 e. The average Bonchev–Trinajstić information content (AvgIpc) is 3.07. The van der Waals surface area contributed by atoms with Crippen molar-refractivity contribution >= 4 is 12.0 Å². The molecule has 2 unspecified atom stereocenters. The SMILES string of the molecule is CCC1CC1NC(=O)N1CCC[C@H](C(=O)O)C1. The second-order valence-electron chi connectivity index (χ2n) is 5.08. The molecule has 96 valence electrons. The van der Waals surface area contributed by atoms with Crippen molar-refractivity contribution in [3.63, 3.8) is 0 Å². The zero-order chi connectivity index (χ0) is 12.4. The van der Waals surface area contributed by atoms with Crippen molar-refractivity contribution in [2.45, 2.75) is 38.6 Å². The Hall–Kier alpha value is -1.26. The maximum atomic E-state index is 11.9. The van der Waals surface area contributed by atoms with Crippen LogP contribution in [0.2, 0.25) is 0 Å². The number of nitrogens with zero attached hydrogens (tertiary/aromatic N) is 1. The standard InChI is InChI=1S/C12H20N2O3/c1-2-8-6-10(8)13-12(17)14-5-3-4-9(7-14)11(15)16/h8-10H,2-7H2,1H3,(H,13,17)(H,15,16)/t8?,9-,10?/m0/s1. The van der Waals surface area contributed by atoms with Crippen LogP contribution in [0.4, 0.5) is 4.79 Å². The Kier molecular flexibility index (Phi) is 3.54. The van der Waals surface area contributed by atoms with E-state index in [-0.39, 0.29) is 6.03 Å². The maximum Gasteiger partial charge on any atom is 0.317 e. The van der Waals surface area contributed by atoms with Crippen LogP contribution in [-0.4, -0.2) is 41.1 Å². The van der Waals surface area contributed by atoms with E-state index in [2.05, 4.69) is 12.2 Å². The van der Waals surface area contributed by atoms with Crippen LogP contribution in [0.1, 0.15) is 32.6 Å². The van der Waals surface area contributed by atoms with Gasteiger partial charge in [0.05, 0.1) is 5.92 Å². The van der Waals surface area contributed by atoms with Gasteiger partial charge in [-0.1, -0.05) is 13.3 Å². The number of rotatable bonds is 3. The third kappa shape index (κ3) is 2.90. The van der Waals surface area contributed by atoms with Gasteiger partial charge in [0.1, 0.15) is 0 Å². The molecule has 1 aliphatic heterocycles. The minimum Gasteiger partial charge on any atom is -0.481 e. The van der Waals surface area contributed by atoms with E-state index in [1.54, 1.807) is 4.90 Å². The quantitative estimate of drug-likeness (QED) is 0.781. The first-order valence-electron chi connectivity index (χ1n) is 6.40. The Morgan fingerprint density at radius 3 is 2.82 bits per heavy atom. The summed E-state index contributed by atoms with van der Waals surface area (Å²) in [5.41, 5.74) is 0. The number of urea groups is 1. The number of piperidine rings is 1. The number of carbonyl (C=O) groups excluding carboxylic acids is 1. The van der Waals surface area contributed by atoms with E-state index < -0.39 is 11.9 Å². The monoisotopic (exact) mass is 240 g/mol. The second-order valence-corrected chi connectivity index (χ2v) is 5.08. The zero-order valence-electron chi connectivity index (χ0n) is 10.2. The fraction of sp³-hybridized carbons (Fsp3) is 0.833. The van der Waals surface area contributed by atoms with Crippen molar-refractivity contribution in [2.24, 2.45) is 11.8 Å². The lowest BCUT2D eigenvalue weighted by atomic mass is 9.99. The van der Waals surface area contributed by atoms with Crippen molar-refractivity contribution in [1.82, 2.24) is 10.2 Å². The molecule has 0 radical (unpaired) electrons. The van der Waals surface area contributed by atoms with E-state index in [1.807, 2.05) is 0 Å². The van der Waals surface area contributed by atoms with E-state index in [0.717, 1.165) is 19.3 Å². The number of amides is 2. The molecule has 1 saturated carbocycles. The van der Waals surface area contributed by atoms with Crippen molar-refractivity contribution < 1.29 is 14.7 Å². The summed E-state index contributed by atoms with van der Waals surface area (Å²) in [6.45, 7) is 3.15. The highest BCUT2D eigenvalue weighted by Crippen LogP contribution is 2.33. The van der Waals surface area contributed by atoms with Crippen LogP contribution in [-0.2, 0) is 4.79 Å². The van der Waals surface area contributed by atoms with Crippen molar-refractivity contribution in [1.29, 1.82) is 0 Å². The van der Waals surface area contributed by atoms with Crippen LogP contribution in [0.3, 0.4) is 0 Å². The summed E-state index contributed by atoms with van der Waals surface area (Å²) in [6.07, 6.45) is 3.63. The van der Waals surface area contributed by atoms with Gasteiger partial charge in [-0.05, 0) is 25.2 Å². The van der Waals surface area contributed by atoms with Crippen molar-refractivity contribution in [3.8, 4) is 0 Å². The Morgan fingerprint density at radius 2 is 2.24 bits per heavy atom. The molecular weight excluding hydrogens is 220 g/mol. The molecule has 0 aromatic heterocycles. The Balaban J connectivity index is 1.81. The van der Waals surface area contributed by atoms with Crippen LogP contribution in [0.25, 0.3) is 0 Å². The highest BCUT2D eigenvalue weighted by Gasteiger charge is 2.38. The first kappa shape index (κ1) is 12.2.